The molecule has 0 aliphatic carbocycles. The summed E-state index contributed by atoms with van der Waals surface area (Å²) < 4.78 is 0. The van der Waals surface area contributed by atoms with Crippen LogP contribution < -0.4 is 5.73 Å². The Morgan fingerprint density at radius 1 is 1.00 bits per heavy atom. The molecule has 120 valence electrons. The van der Waals surface area contributed by atoms with Crippen LogP contribution in [0.2, 0.25) is 0 Å². The highest BCUT2D eigenvalue weighted by atomic mass is 32.2. The van der Waals surface area contributed by atoms with E-state index in [1.54, 1.807) is 48.8 Å². The number of nitrogens with zero attached hydrogens (tertiary/aromatic N) is 4. The number of aromatic nitrogens is 2. The van der Waals surface area contributed by atoms with Gasteiger partial charge in [-0.15, -0.1) is 0 Å². The summed E-state index contributed by atoms with van der Waals surface area (Å²) in [6.45, 7) is 0. The number of rotatable bonds is 3. The first-order chi connectivity index (χ1) is 12.2. The molecule has 0 bridgehead atoms. The second-order valence-corrected chi connectivity index (χ2v) is 5.99. The van der Waals surface area contributed by atoms with Crippen molar-refractivity contribution in [1.82, 2.24) is 9.97 Å². The molecular formula is C18H11N5OS. The zero-order valence-electron chi connectivity index (χ0n) is 12.8. The standard InChI is InChI=1S/C18H11N5OS/c19-9-12-16(11-5-7-22-8-6-11)13(10-20)18(23-17(12)21)25-15-4-2-1-3-14(15)24/h1-8,24H,(H2,21,23). The van der Waals surface area contributed by atoms with E-state index in [0.717, 1.165) is 11.8 Å². The van der Waals surface area contributed by atoms with Crippen LogP contribution in [0.1, 0.15) is 11.1 Å². The third-order valence-electron chi connectivity index (χ3n) is 3.46. The van der Waals surface area contributed by atoms with Gasteiger partial charge in [-0.2, -0.15) is 10.5 Å². The average molecular weight is 345 g/mol. The van der Waals surface area contributed by atoms with Crippen molar-refractivity contribution in [2.45, 2.75) is 9.92 Å². The number of hydrogen-bond donors (Lipinski definition) is 2. The summed E-state index contributed by atoms with van der Waals surface area (Å²) in [4.78, 5) is 8.70. The van der Waals surface area contributed by atoms with Crippen molar-refractivity contribution in [1.29, 1.82) is 10.5 Å². The van der Waals surface area contributed by atoms with Crippen LogP contribution in [-0.4, -0.2) is 15.1 Å². The molecular weight excluding hydrogens is 334 g/mol. The topological polar surface area (TPSA) is 120 Å². The first-order valence-electron chi connectivity index (χ1n) is 7.15. The molecule has 2 heterocycles. The Hall–Kier alpha value is -3.55. The van der Waals surface area contributed by atoms with Gasteiger partial charge in [0.15, 0.2) is 0 Å². The molecule has 3 N–H and O–H groups in total. The highest BCUT2D eigenvalue weighted by Crippen LogP contribution is 2.40. The number of benzene rings is 1. The van der Waals surface area contributed by atoms with E-state index < -0.39 is 0 Å². The number of nitriles is 2. The van der Waals surface area contributed by atoms with Gasteiger partial charge >= 0.3 is 0 Å². The third-order valence-corrected chi connectivity index (χ3v) is 4.51. The number of anilines is 1. The van der Waals surface area contributed by atoms with Crippen LogP contribution in [0.5, 0.6) is 5.75 Å². The molecule has 1 aromatic carbocycles. The average Bonchev–Trinajstić information content (AvgIpc) is 2.64. The molecule has 0 fully saturated rings. The highest BCUT2D eigenvalue weighted by molar-refractivity contribution is 7.99. The molecule has 0 radical (unpaired) electrons. The zero-order chi connectivity index (χ0) is 17.8. The molecule has 0 amide bonds. The van der Waals surface area contributed by atoms with Crippen molar-refractivity contribution in [3.63, 3.8) is 0 Å². The minimum absolute atomic E-state index is 0.0335. The Kier molecular flexibility index (Phi) is 4.51. The highest BCUT2D eigenvalue weighted by Gasteiger charge is 2.21. The van der Waals surface area contributed by atoms with Gasteiger partial charge in [-0.1, -0.05) is 23.9 Å². The fourth-order valence-corrected chi connectivity index (χ4v) is 3.25. The Morgan fingerprint density at radius 3 is 2.32 bits per heavy atom. The summed E-state index contributed by atoms with van der Waals surface area (Å²) in [5.41, 5.74) is 7.38. The molecule has 0 unspecified atom stereocenters. The summed E-state index contributed by atoms with van der Waals surface area (Å²) in [6.07, 6.45) is 3.15. The third kappa shape index (κ3) is 3.09. The predicted octanol–water partition coefficient (Wildman–Crippen LogP) is 3.33. The van der Waals surface area contributed by atoms with Gasteiger partial charge in [0.05, 0.1) is 10.5 Å². The molecule has 0 saturated carbocycles. The number of pyridine rings is 2. The lowest BCUT2D eigenvalue weighted by molar-refractivity contribution is 0.462. The molecule has 3 rings (SSSR count). The van der Waals surface area contributed by atoms with E-state index in [1.165, 1.54) is 0 Å². The largest absolute Gasteiger partial charge is 0.507 e. The lowest BCUT2D eigenvalue weighted by atomic mass is 9.98. The van der Waals surface area contributed by atoms with Crippen LogP contribution in [0.25, 0.3) is 11.1 Å². The van der Waals surface area contributed by atoms with Crippen LogP contribution in [0.15, 0.2) is 58.7 Å². The summed E-state index contributed by atoms with van der Waals surface area (Å²) in [7, 11) is 0. The molecule has 0 aliphatic rings. The first kappa shape index (κ1) is 16.3. The van der Waals surface area contributed by atoms with Gasteiger partial charge in [0.1, 0.15) is 34.3 Å². The predicted molar refractivity (Wildman–Crippen MR) is 93.5 cm³/mol. The van der Waals surface area contributed by atoms with Crippen molar-refractivity contribution in [2.75, 3.05) is 5.73 Å². The van der Waals surface area contributed by atoms with Crippen LogP contribution >= 0.6 is 11.8 Å². The summed E-state index contributed by atoms with van der Waals surface area (Å²) in [5.74, 6) is 0.109. The quantitative estimate of drug-likeness (QED) is 0.747. The van der Waals surface area contributed by atoms with Crippen molar-refractivity contribution < 1.29 is 5.11 Å². The second-order valence-electron chi connectivity index (χ2n) is 4.96. The Morgan fingerprint density at radius 2 is 1.68 bits per heavy atom. The van der Waals surface area contributed by atoms with Crippen LogP contribution in [0.4, 0.5) is 5.82 Å². The molecule has 6 nitrogen and oxygen atoms in total. The van der Waals surface area contributed by atoms with Gasteiger partial charge in [-0.25, -0.2) is 4.98 Å². The molecule has 0 spiro atoms. The number of phenols is 1. The maximum atomic E-state index is 9.97. The second kappa shape index (κ2) is 6.91. The van der Waals surface area contributed by atoms with E-state index in [-0.39, 0.29) is 22.7 Å². The molecule has 25 heavy (non-hydrogen) atoms. The number of para-hydroxylation sites is 1. The minimum Gasteiger partial charge on any atom is -0.507 e. The molecule has 2 aromatic heterocycles. The Labute approximate surface area is 148 Å². The first-order valence-corrected chi connectivity index (χ1v) is 7.97. The monoisotopic (exact) mass is 345 g/mol. The smallest absolute Gasteiger partial charge is 0.143 e. The van der Waals surface area contributed by atoms with Gasteiger partial charge in [-0.3, -0.25) is 4.98 Å². The molecule has 3 aromatic rings. The Balaban J connectivity index is 2.25. The van der Waals surface area contributed by atoms with Crippen LogP contribution in [0.3, 0.4) is 0 Å². The van der Waals surface area contributed by atoms with Crippen molar-refractivity contribution >= 4 is 17.6 Å². The number of nitrogens with two attached hydrogens (primary N) is 1. The van der Waals surface area contributed by atoms with Crippen LogP contribution in [-0.2, 0) is 0 Å². The maximum Gasteiger partial charge on any atom is 0.143 e. The van der Waals surface area contributed by atoms with E-state index in [2.05, 4.69) is 16.0 Å². The zero-order valence-corrected chi connectivity index (χ0v) is 13.7. The number of hydrogen-bond acceptors (Lipinski definition) is 7. The fraction of sp³-hybridized carbons (Fsp3) is 0. The van der Waals surface area contributed by atoms with E-state index in [0.29, 0.717) is 21.0 Å². The lowest BCUT2D eigenvalue weighted by Gasteiger charge is -2.13. The maximum absolute atomic E-state index is 9.97. The fourth-order valence-electron chi connectivity index (χ4n) is 2.33. The van der Waals surface area contributed by atoms with Crippen LogP contribution in [0, 0.1) is 22.7 Å². The van der Waals surface area contributed by atoms with Gasteiger partial charge in [0, 0.05) is 18.0 Å². The van der Waals surface area contributed by atoms with E-state index in [4.69, 9.17) is 5.73 Å². The van der Waals surface area contributed by atoms with E-state index in [1.807, 2.05) is 6.07 Å². The molecule has 0 atom stereocenters. The Bertz CT molecular complexity index is 1020. The van der Waals surface area contributed by atoms with Crippen molar-refractivity contribution in [3.05, 3.63) is 59.9 Å². The summed E-state index contributed by atoms with van der Waals surface area (Å²) in [5, 5.41) is 29.4. The van der Waals surface area contributed by atoms with Gasteiger partial charge < -0.3 is 10.8 Å². The van der Waals surface area contributed by atoms with E-state index in [9.17, 15) is 15.6 Å². The van der Waals surface area contributed by atoms with E-state index >= 15 is 0 Å². The SMILES string of the molecule is N#Cc1c(N)nc(Sc2ccccc2O)c(C#N)c1-c1ccncc1. The summed E-state index contributed by atoms with van der Waals surface area (Å²) in [6, 6.07) is 14.3. The van der Waals surface area contributed by atoms with Crippen molar-refractivity contribution in [2.24, 2.45) is 0 Å². The van der Waals surface area contributed by atoms with Gasteiger partial charge in [0.25, 0.3) is 0 Å². The van der Waals surface area contributed by atoms with Gasteiger partial charge in [0.2, 0.25) is 0 Å². The molecule has 0 saturated heterocycles. The van der Waals surface area contributed by atoms with Gasteiger partial charge in [-0.05, 0) is 29.8 Å². The molecule has 7 heteroatoms. The normalized spacial score (nSPS) is 10.0. The molecule has 0 aliphatic heterocycles. The lowest BCUT2D eigenvalue weighted by Crippen LogP contribution is -2.03. The number of phenolic OH excluding ortho intramolecular Hbond substituents is 1. The summed E-state index contributed by atoms with van der Waals surface area (Å²) >= 11 is 1.12. The number of aromatic hydroxyl groups is 1. The van der Waals surface area contributed by atoms with Crippen molar-refractivity contribution in [3.8, 4) is 29.0 Å². The number of nitrogen functional groups attached to an aromatic ring is 1. The minimum atomic E-state index is 0.0335.